The first kappa shape index (κ1) is 13.5. The van der Waals surface area contributed by atoms with Gasteiger partial charge in [0.15, 0.2) is 0 Å². The Bertz CT molecular complexity index is 237. The van der Waals surface area contributed by atoms with E-state index in [9.17, 15) is 4.79 Å². The zero-order valence-corrected chi connectivity index (χ0v) is 10.8. The zero-order valence-electron chi connectivity index (χ0n) is 10.8. The molecule has 0 aliphatic heterocycles. The highest BCUT2D eigenvalue weighted by atomic mass is 16.6. The summed E-state index contributed by atoms with van der Waals surface area (Å²) in [5.74, 6) is -0.103. The Morgan fingerprint density at radius 3 is 2.38 bits per heavy atom. The number of esters is 1. The van der Waals surface area contributed by atoms with Gasteiger partial charge in [-0.05, 0) is 46.5 Å². The fourth-order valence-electron chi connectivity index (χ4n) is 2.31. The molecule has 0 heterocycles. The van der Waals surface area contributed by atoms with E-state index in [0.717, 1.165) is 25.7 Å². The first-order valence-electron chi connectivity index (χ1n) is 6.32. The molecular weight excluding hydrogens is 202 g/mol. The van der Waals surface area contributed by atoms with Crippen molar-refractivity contribution >= 4 is 5.97 Å². The standard InChI is InChI=1S/C13H25NO2/c1-12(2,3)16-11(15)7-6-10-13(14)8-4-5-9-13/h4-10,14H2,1-3H3. The largest absolute Gasteiger partial charge is 0.460 e. The molecule has 0 saturated heterocycles. The molecule has 0 amide bonds. The zero-order chi connectivity index (χ0) is 12.2. The van der Waals surface area contributed by atoms with Crippen molar-refractivity contribution in [2.24, 2.45) is 5.73 Å². The number of rotatable bonds is 4. The minimum Gasteiger partial charge on any atom is -0.460 e. The summed E-state index contributed by atoms with van der Waals surface area (Å²) in [6.07, 6.45) is 7.00. The van der Waals surface area contributed by atoms with Crippen molar-refractivity contribution in [3.63, 3.8) is 0 Å². The Morgan fingerprint density at radius 2 is 1.88 bits per heavy atom. The lowest BCUT2D eigenvalue weighted by Gasteiger charge is -2.24. The number of carbonyl (C=O) groups excluding carboxylic acids is 1. The minimum absolute atomic E-state index is 0.00200. The van der Waals surface area contributed by atoms with Gasteiger partial charge in [-0.25, -0.2) is 0 Å². The van der Waals surface area contributed by atoms with Crippen molar-refractivity contribution in [3.05, 3.63) is 0 Å². The van der Waals surface area contributed by atoms with Crippen LogP contribution in [0.15, 0.2) is 0 Å². The molecular formula is C13H25NO2. The van der Waals surface area contributed by atoms with Crippen LogP contribution in [0.1, 0.15) is 65.7 Å². The molecule has 0 unspecified atom stereocenters. The number of nitrogens with two attached hydrogens (primary N) is 1. The summed E-state index contributed by atoms with van der Waals surface area (Å²) in [6, 6.07) is 0. The Hall–Kier alpha value is -0.570. The van der Waals surface area contributed by atoms with Gasteiger partial charge in [0.1, 0.15) is 5.60 Å². The lowest BCUT2D eigenvalue weighted by atomic mass is 9.92. The third kappa shape index (κ3) is 4.97. The van der Waals surface area contributed by atoms with Crippen molar-refractivity contribution in [1.29, 1.82) is 0 Å². The van der Waals surface area contributed by atoms with Gasteiger partial charge in [0.2, 0.25) is 0 Å². The molecule has 16 heavy (non-hydrogen) atoms. The van der Waals surface area contributed by atoms with Gasteiger partial charge < -0.3 is 10.5 Å². The quantitative estimate of drug-likeness (QED) is 0.751. The average molecular weight is 227 g/mol. The van der Waals surface area contributed by atoms with Crippen LogP contribution in [0.2, 0.25) is 0 Å². The molecule has 94 valence electrons. The van der Waals surface area contributed by atoms with E-state index in [1.807, 2.05) is 20.8 Å². The van der Waals surface area contributed by atoms with Gasteiger partial charge in [-0.3, -0.25) is 4.79 Å². The summed E-state index contributed by atoms with van der Waals surface area (Å²) in [6.45, 7) is 5.69. The van der Waals surface area contributed by atoms with Gasteiger partial charge in [-0.2, -0.15) is 0 Å². The normalized spacial score (nSPS) is 19.8. The maximum Gasteiger partial charge on any atom is 0.306 e. The molecule has 1 aliphatic carbocycles. The van der Waals surface area contributed by atoms with Crippen LogP contribution >= 0.6 is 0 Å². The van der Waals surface area contributed by atoms with Crippen LogP contribution in [-0.2, 0) is 9.53 Å². The number of carbonyl (C=O) groups is 1. The van der Waals surface area contributed by atoms with Gasteiger partial charge >= 0.3 is 5.97 Å². The van der Waals surface area contributed by atoms with E-state index < -0.39 is 0 Å². The molecule has 0 atom stereocenters. The average Bonchev–Trinajstić information content (AvgIpc) is 2.49. The van der Waals surface area contributed by atoms with Crippen molar-refractivity contribution in [1.82, 2.24) is 0 Å². The van der Waals surface area contributed by atoms with Gasteiger partial charge in [-0.1, -0.05) is 12.8 Å². The summed E-state index contributed by atoms with van der Waals surface area (Å²) >= 11 is 0. The number of ether oxygens (including phenoxy) is 1. The van der Waals surface area contributed by atoms with Crippen molar-refractivity contribution in [2.75, 3.05) is 0 Å². The fraction of sp³-hybridized carbons (Fsp3) is 0.923. The monoisotopic (exact) mass is 227 g/mol. The third-order valence-corrected chi connectivity index (χ3v) is 3.07. The molecule has 0 aromatic rings. The lowest BCUT2D eigenvalue weighted by Crippen LogP contribution is -2.36. The van der Waals surface area contributed by atoms with Gasteiger partial charge in [0.05, 0.1) is 0 Å². The van der Waals surface area contributed by atoms with E-state index in [-0.39, 0.29) is 17.1 Å². The second kappa shape index (κ2) is 5.17. The maximum atomic E-state index is 11.5. The lowest BCUT2D eigenvalue weighted by molar-refractivity contribution is -0.154. The van der Waals surface area contributed by atoms with Crippen LogP contribution in [0.5, 0.6) is 0 Å². The molecule has 0 radical (unpaired) electrons. The van der Waals surface area contributed by atoms with E-state index >= 15 is 0 Å². The topological polar surface area (TPSA) is 52.3 Å². The van der Waals surface area contributed by atoms with Crippen molar-refractivity contribution in [2.45, 2.75) is 76.9 Å². The summed E-state index contributed by atoms with van der Waals surface area (Å²) in [5.41, 5.74) is 5.85. The van der Waals surface area contributed by atoms with Crippen LogP contribution in [-0.4, -0.2) is 17.1 Å². The van der Waals surface area contributed by atoms with E-state index in [2.05, 4.69) is 0 Å². The van der Waals surface area contributed by atoms with E-state index in [0.29, 0.717) is 6.42 Å². The maximum absolute atomic E-state index is 11.5. The highest BCUT2D eigenvalue weighted by Gasteiger charge is 2.28. The molecule has 1 rings (SSSR count). The fourth-order valence-corrected chi connectivity index (χ4v) is 2.31. The summed E-state index contributed by atoms with van der Waals surface area (Å²) in [7, 11) is 0. The molecule has 0 aromatic carbocycles. The van der Waals surface area contributed by atoms with Crippen molar-refractivity contribution < 1.29 is 9.53 Å². The van der Waals surface area contributed by atoms with E-state index in [4.69, 9.17) is 10.5 Å². The van der Waals surface area contributed by atoms with Gasteiger partial charge in [0, 0.05) is 12.0 Å². The molecule has 0 aromatic heterocycles. The van der Waals surface area contributed by atoms with Crippen LogP contribution < -0.4 is 5.73 Å². The first-order chi connectivity index (χ1) is 7.31. The van der Waals surface area contributed by atoms with E-state index in [1.165, 1.54) is 12.8 Å². The SMILES string of the molecule is CC(C)(C)OC(=O)CCCC1(N)CCCC1. The second-order valence-electron chi connectivity index (χ2n) is 6.01. The number of hydrogen-bond acceptors (Lipinski definition) is 3. The molecule has 1 fully saturated rings. The van der Waals surface area contributed by atoms with E-state index in [1.54, 1.807) is 0 Å². The molecule has 3 heteroatoms. The van der Waals surface area contributed by atoms with Crippen LogP contribution in [0.3, 0.4) is 0 Å². The Kier molecular flexibility index (Phi) is 4.36. The highest BCUT2D eigenvalue weighted by molar-refractivity contribution is 5.69. The smallest absolute Gasteiger partial charge is 0.306 e. The molecule has 3 nitrogen and oxygen atoms in total. The molecule has 1 aliphatic rings. The Labute approximate surface area is 98.7 Å². The highest BCUT2D eigenvalue weighted by Crippen LogP contribution is 2.31. The first-order valence-corrected chi connectivity index (χ1v) is 6.32. The van der Waals surface area contributed by atoms with Crippen LogP contribution in [0.25, 0.3) is 0 Å². The molecule has 0 spiro atoms. The minimum atomic E-state index is -0.370. The number of hydrogen-bond donors (Lipinski definition) is 1. The summed E-state index contributed by atoms with van der Waals surface area (Å²) in [4.78, 5) is 11.5. The van der Waals surface area contributed by atoms with Crippen LogP contribution in [0.4, 0.5) is 0 Å². The summed E-state index contributed by atoms with van der Waals surface area (Å²) < 4.78 is 5.26. The second-order valence-corrected chi connectivity index (χ2v) is 6.01. The predicted molar refractivity (Wildman–Crippen MR) is 65.1 cm³/mol. The van der Waals surface area contributed by atoms with Gasteiger partial charge in [0.25, 0.3) is 0 Å². The van der Waals surface area contributed by atoms with Gasteiger partial charge in [-0.15, -0.1) is 0 Å². The Balaban J connectivity index is 2.18. The predicted octanol–water partition coefficient (Wildman–Crippen LogP) is 2.77. The Morgan fingerprint density at radius 1 is 1.31 bits per heavy atom. The summed E-state index contributed by atoms with van der Waals surface area (Å²) in [5, 5.41) is 0. The molecule has 2 N–H and O–H groups in total. The third-order valence-electron chi connectivity index (χ3n) is 3.07. The molecule has 0 bridgehead atoms. The van der Waals surface area contributed by atoms with Crippen molar-refractivity contribution in [3.8, 4) is 0 Å². The molecule has 1 saturated carbocycles. The van der Waals surface area contributed by atoms with Crippen LogP contribution in [0, 0.1) is 0 Å².